The Kier molecular flexibility index (Phi) is 9.31. The molecular weight excluding hydrogens is 565 g/mol. The Bertz CT molecular complexity index is 1230. The van der Waals surface area contributed by atoms with Crippen LogP contribution in [0.3, 0.4) is 0 Å². The molecule has 5 heteroatoms. The van der Waals surface area contributed by atoms with Gasteiger partial charge in [0.1, 0.15) is 0 Å². The summed E-state index contributed by atoms with van der Waals surface area (Å²) in [5.41, 5.74) is 0.665. The molecule has 1 amide bonds. The van der Waals surface area contributed by atoms with Crippen molar-refractivity contribution in [1.29, 1.82) is 0 Å². The van der Waals surface area contributed by atoms with E-state index in [1.165, 1.54) is 21.5 Å². The van der Waals surface area contributed by atoms with Crippen LogP contribution in [0.4, 0.5) is 4.79 Å². The molecule has 0 unspecified atom stereocenters. The Labute approximate surface area is 241 Å². The maximum atomic E-state index is 13.3. The van der Waals surface area contributed by atoms with Crippen molar-refractivity contribution >= 4 is 42.8 Å². The summed E-state index contributed by atoms with van der Waals surface area (Å²) < 4.78 is 5.84. The summed E-state index contributed by atoms with van der Waals surface area (Å²) in [6.07, 6.45) is 2.21. The molecule has 3 nitrogen and oxygen atoms in total. The third kappa shape index (κ3) is 6.80. The first-order valence-corrected chi connectivity index (χ1v) is 18.1. The number of halogens is 1. The zero-order valence-electron chi connectivity index (χ0n) is 23.2. The van der Waals surface area contributed by atoms with Crippen LogP contribution in [0.1, 0.15) is 32.8 Å². The van der Waals surface area contributed by atoms with Crippen LogP contribution in [0.2, 0.25) is 0 Å². The number of rotatable bonds is 10. The van der Waals surface area contributed by atoms with E-state index in [0.29, 0.717) is 13.1 Å². The van der Waals surface area contributed by atoms with Gasteiger partial charge in [0, 0.05) is 0 Å². The second-order valence-electron chi connectivity index (χ2n) is 11.0. The fourth-order valence-corrected chi connectivity index (χ4v) is 12.8. The van der Waals surface area contributed by atoms with Gasteiger partial charge < -0.3 is 0 Å². The summed E-state index contributed by atoms with van der Waals surface area (Å²) in [5.74, 6) is 0. The van der Waals surface area contributed by atoms with Gasteiger partial charge in [0.2, 0.25) is 0 Å². The fraction of sp³-hybridized carbons (Fsp3) is 0.265. The molecule has 0 aliphatic heterocycles. The normalized spacial score (nSPS) is 12.8. The van der Waals surface area contributed by atoms with Gasteiger partial charge in [0.15, 0.2) is 0 Å². The Morgan fingerprint density at radius 2 is 1.10 bits per heavy atom. The van der Waals surface area contributed by atoms with E-state index in [-0.39, 0.29) is 6.09 Å². The van der Waals surface area contributed by atoms with Gasteiger partial charge in [-0.15, -0.1) is 0 Å². The molecular formula is C34H39BrNO2P. The van der Waals surface area contributed by atoms with Gasteiger partial charge >= 0.3 is 243 Å². The molecule has 0 bridgehead atoms. The van der Waals surface area contributed by atoms with Crippen LogP contribution in [0, 0.1) is 0 Å². The first-order valence-electron chi connectivity index (χ1n) is 13.6. The van der Waals surface area contributed by atoms with Gasteiger partial charge in [0.05, 0.1) is 0 Å². The third-order valence-electron chi connectivity index (χ3n) is 7.05. The van der Waals surface area contributed by atoms with Crippen molar-refractivity contribution in [2.24, 2.45) is 0 Å². The number of carbonyl (C=O) groups is 1. The SMILES string of the molecule is CC(C)(C)OC(=O)N(CCCP(Br)(c1ccccc1)(c1ccccc1)c1ccccc1)CCc1ccccc1. The van der Waals surface area contributed by atoms with E-state index < -0.39 is 10.9 Å². The predicted octanol–water partition coefficient (Wildman–Crippen LogP) is 7.70. The summed E-state index contributed by atoms with van der Waals surface area (Å²) >= 11 is 4.53. The van der Waals surface area contributed by atoms with Crippen molar-refractivity contribution in [2.75, 3.05) is 19.3 Å². The van der Waals surface area contributed by atoms with E-state index in [1.807, 2.05) is 43.9 Å². The van der Waals surface area contributed by atoms with Gasteiger partial charge in [-0.1, -0.05) is 0 Å². The number of benzene rings is 4. The van der Waals surface area contributed by atoms with Gasteiger partial charge in [-0.3, -0.25) is 0 Å². The van der Waals surface area contributed by atoms with E-state index in [1.54, 1.807) is 0 Å². The van der Waals surface area contributed by atoms with Gasteiger partial charge in [-0.05, 0) is 0 Å². The number of carbonyl (C=O) groups excluding carboxylic acids is 1. The van der Waals surface area contributed by atoms with Crippen LogP contribution in [0.15, 0.2) is 121 Å². The average Bonchev–Trinajstić information content (AvgIpc) is 2.96. The number of hydrogen-bond donors (Lipinski definition) is 0. The number of ether oxygens (including phenoxy) is 1. The Balaban J connectivity index is 1.69. The van der Waals surface area contributed by atoms with E-state index in [0.717, 1.165) is 19.0 Å². The molecule has 204 valence electrons. The van der Waals surface area contributed by atoms with E-state index in [4.69, 9.17) is 4.74 Å². The summed E-state index contributed by atoms with van der Waals surface area (Å²) in [5, 5.41) is 0.813. The number of amides is 1. The second kappa shape index (κ2) is 12.5. The Morgan fingerprint density at radius 3 is 1.51 bits per heavy atom. The standard InChI is InChI=1S/C34H39BrNO2P/c1-34(2,3)38-33(37)36(27-25-29-17-8-4-9-18-29)26-16-28-39(35,30-19-10-5-11-20-30,31-21-12-6-13-22-31)32-23-14-7-15-24-32/h4-15,17-24H,16,25-28H2,1-3H3. The first-order chi connectivity index (χ1) is 18.7. The molecule has 0 spiro atoms. The fourth-order valence-electron chi connectivity index (χ4n) is 5.14. The molecule has 4 aromatic carbocycles. The molecule has 0 aliphatic carbocycles. The summed E-state index contributed by atoms with van der Waals surface area (Å²) in [4.78, 5) is 15.2. The van der Waals surface area contributed by atoms with Gasteiger partial charge in [0.25, 0.3) is 0 Å². The van der Waals surface area contributed by atoms with E-state index in [9.17, 15) is 4.79 Å². The van der Waals surface area contributed by atoms with Crippen molar-refractivity contribution < 1.29 is 9.53 Å². The molecule has 0 saturated heterocycles. The van der Waals surface area contributed by atoms with Gasteiger partial charge in [-0.25, -0.2) is 0 Å². The number of hydrogen-bond acceptors (Lipinski definition) is 2. The van der Waals surface area contributed by atoms with Gasteiger partial charge in [-0.2, -0.15) is 0 Å². The maximum absolute atomic E-state index is 13.3. The zero-order valence-corrected chi connectivity index (χ0v) is 25.7. The molecule has 0 fully saturated rings. The molecule has 0 radical (unpaired) electrons. The van der Waals surface area contributed by atoms with Crippen molar-refractivity contribution in [2.45, 2.75) is 39.2 Å². The van der Waals surface area contributed by atoms with Crippen molar-refractivity contribution in [3.63, 3.8) is 0 Å². The average molecular weight is 605 g/mol. The Morgan fingerprint density at radius 1 is 0.692 bits per heavy atom. The summed E-state index contributed by atoms with van der Waals surface area (Å²) in [6.45, 7) is 6.99. The van der Waals surface area contributed by atoms with Crippen molar-refractivity contribution in [1.82, 2.24) is 4.90 Å². The molecule has 0 heterocycles. The molecule has 39 heavy (non-hydrogen) atoms. The van der Waals surface area contributed by atoms with Crippen LogP contribution in [-0.4, -0.2) is 35.8 Å². The third-order valence-corrected chi connectivity index (χ3v) is 17.1. The topological polar surface area (TPSA) is 29.5 Å². The van der Waals surface area contributed by atoms with E-state index >= 15 is 0 Å². The molecule has 4 rings (SSSR count). The van der Waals surface area contributed by atoms with Crippen LogP contribution >= 0.6 is 20.8 Å². The van der Waals surface area contributed by atoms with Crippen LogP contribution < -0.4 is 15.9 Å². The van der Waals surface area contributed by atoms with Crippen LogP contribution in [0.5, 0.6) is 0 Å². The second-order valence-corrected chi connectivity index (χ2v) is 20.0. The minimum absolute atomic E-state index is 0.257. The molecule has 0 atom stereocenters. The molecule has 4 aromatic rings. The van der Waals surface area contributed by atoms with Crippen molar-refractivity contribution in [3.8, 4) is 0 Å². The predicted molar refractivity (Wildman–Crippen MR) is 172 cm³/mol. The van der Waals surface area contributed by atoms with Crippen LogP contribution in [0.25, 0.3) is 0 Å². The van der Waals surface area contributed by atoms with Crippen molar-refractivity contribution in [3.05, 3.63) is 127 Å². The molecule has 0 N–H and O–H groups in total. The first kappa shape index (κ1) is 29.1. The zero-order chi connectivity index (χ0) is 27.8. The molecule has 0 aliphatic rings. The minimum atomic E-state index is -3.04. The molecule has 0 saturated carbocycles. The number of nitrogens with zero attached hydrogens (tertiary/aromatic N) is 1. The molecule has 0 aromatic heterocycles. The monoisotopic (exact) mass is 603 g/mol. The van der Waals surface area contributed by atoms with Crippen LogP contribution in [-0.2, 0) is 11.2 Å². The van der Waals surface area contributed by atoms with E-state index in [2.05, 4.69) is 119 Å². The summed E-state index contributed by atoms with van der Waals surface area (Å²) in [7, 11) is 0. The quantitative estimate of drug-likeness (QED) is 0.174. The summed E-state index contributed by atoms with van der Waals surface area (Å²) in [6, 6.07) is 42.7. The Hall–Kier alpha value is -2.94.